The quantitative estimate of drug-likeness (QED) is 0.551. The highest BCUT2D eigenvalue weighted by Gasteiger charge is 2.14. The Bertz CT molecular complexity index is 1100. The number of hydrogen-bond acceptors (Lipinski definition) is 3. The SMILES string of the molecule is Cc1cccc(-c2cc3nccc(-c4cc(Cl)c(C)cc4O)n3n2)c1. The summed E-state index contributed by atoms with van der Waals surface area (Å²) in [5.41, 5.74) is 5.94. The van der Waals surface area contributed by atoms with Gasteiger partial charge in [0.1, 0.15) is 5.75 Å². The Morgan fingerprint density at radius 3 is 2.68 bits per heavy atom. The van der Waals surface area contributed by atoms with Gasteiger partial charge in [0.15, 0.2) is 5.65 Å². The smallest absolute Gasteiger partial charge is 0.156 e. The molecule has 2 heterocycles. The molecule has 124 valence electrons. The Morgan fingerprint density at radius 2 is 1.88 bits per heavy atom. The molecule has 0 aliphatic heterocycles. The normalized spacial score (nSPS) is 11.2. The van der Waals surface area contributed by atoms with Crippen LogP contribution >= 0.6 is 11.6 Å². The van der Waals surface area contributed by atoms with Crippen LogP contribution in [0, 0.1) is 13.8 Å². The van der Waals surface area contributed by atoms with Gasteiger partial charge in [-0.25, -0.2) is 9.50 Å². The molecule has 0 amide bonds. The number of aryl methyl sites for hydroxylation is 2. The van der Waals surface area contributed by atoms with Crippen molar-refractivity contribution in [3.8, 4) is 28.3 Å². The van der Waals surface area contributed by atoms with Gasteiger partial charge < -0.3 is 5.11 Å². The zero-order valence-corrected chi connectivity index (χ0v) is 14.6. The first kappa shape index (κ1) is 15.7. The molecule has 4 nitrogen and oxygen atoms in total. The first-order valence-electron chi connectivity index (χ1n) is 7.94. The highest BCUT2D eigenvalue weighted by Crippen LogP contribution is 2.34. The van der Waals surface area contributed by atoms with Gasteiger partial charge in [0.25, 0.3) is 0 Å². The number of rotatable bonds is 2. The van der Waals surface area contributed by atoms with Crippen LogP contribution in [0.15, 0.2) is 54.7 Å². The van der Waals surface area contributed by atoms with Gasteiger partial charge in [-0.1, -0.05) is 35.4 Å². The first-order chi connectivity index (χ1) is 12.0. The van der Waals surface area contributed by atoms with Gasteiger partial charge in [-0.3, -0.25) is 0 Å². The summed E-state index contributed by atoms with van der Waals surface area (Å²) in [5, 5.41) is 15.7. The number of phenols is 1. The summed E-state index contributed by atoms with van der Waals surface area (Å²) in [4.78, 5) is 4.39. The van der Waals surface area contributed by atoms with Gasteiger partial charge in [-0.2, -0.15) is 5.10 Å². The molecule has 2 aromatic heterocycles. The minimum atomic E-state index is 0.169. The highest BCUT2D eigenvalue weighted by atomic mass is 35.5. The van der Waals surface area contributed by atoms with Crippen molar-refractivity contribution in [1.82, 2.24) is 14.6 Å². The van der Waals surface area contributed by atoms with Gasteiger partial charge in [-0.05, 0) is 43.7 Å². The molecule has 0 saturated heterocycles. The molecular weight excluding hydrogens is 334 g/mol. The number of benzene rings is 2. The van der Waals surface area contributed by atoms with Crippen LogP contribution in [0.4, 0.5) is 0 Å². The van der Waals surface area contributed by atoms with Crippen molar-refractivity contribution in [2.24, 2.45) is 0 Å². The van der Waals surface area contributed by atoms with E-state index in [1.54, 1.807) is 22.8 Å². The standard InChI is InChI=1S/C20H16ClN3O/c1-12-4-3-5-14(8-12)17-11-20-22-7-6-18(24(20)23-17)15-10-16(21)13(2)9-19(15)25/h3-11,25H,1-2H3. The van der Waals surface area contributed by atoms with E-state index in [9.17, 15) is 5.11 Å². The summed E-state index contributed by atoms with van der Waals surface area (Å²) >= 11 is 6.25. The van der Waals surface area contributed by atoms with Gasteiger partial charge in [0, 0.05) is 28.4 Å². The molecule has 0 atom stereocenters. The molecule has 0 aliphatic carbocycles. The molecule has 0 bridgehead atoms. The Morgan fingerprint density at radius 1 is 1.04 bits per heavy atom. The largest absolute Gasteiger partial charge is 0.507 e. The van der Waals surface area contributed by atoms with E-state index < -0.39 is 0 Å². The lowest BCUT2D eigenvalue weighted by Gasteiger charge is -2.09. The number of fused-ring (bicyclic) bond motifs is 1. The number of nitrogens with zero attached hydrogens (tertiary/aromatic N) is 3. The van der Waals surface area contributed by atoms with E-state index in [2.05, 4.69) is 24.0 Å². The molecule has 0 unspecified atom stereocenters. The Kier molecular flexibility index (Phi) is 3.70. The van der Waals surface area contributed by atoms with Crippen molar-refractivity contribution in [3.05, 3.63) is 70.9 Å². The van der Waals surface area contributed by atoms with Gasteiger partial charge in [-0.15, -0.1) is 0 Å². The third-order valence-corrected chi connectivity index (χ3v) is 4.63. The number of halogens is 1. The Hall–Kier alpha value is -2.85. The van der Waals surface area contributed by atoms with E-state index in [1.165, 1.54) is 5.56 Å². The number of aromatic nitrogens is 3. The maximum atomic E-state index is 10.4. The average Bonchev–Trinajstić information content (AvgIpc) is 3.02. The van der Waals surface area contributed by atoms with Crippen LogP contribution in [-0.4, -0.2) is 19.7 Å². The fraction of sp³-hybridized carbons (Fsp3) is 0.100. The molecule has 0 aliphatic rings. The van der Waals surface area contributed by atoms with Crippen molar-refractivity contribution in [2.75, 3.05) is 0 Å². The lowest BCUT2D eigenvalue weighted by Crippen LogP contribution is -1.96. The Labute approximate surface area is 150 Å². The predicted octanol–water partition coefficient (Wildman–Crippen LogP) is 5.04. The molecule has 2 aromatic carbocycles. The zero-order valence-electron chi connectivity index (χ0n) is 13.9. The fourth-order valence-electron chi connectivity index (χ4n) is 2.92. The van der Waals surface area contributed by atoms with Gasteiger partial charge in [0.05, 0.1) is 11.4 Å². The molecule has 5 heteroatoms. The van der Waals surface area contributed by atoms with Crippen LogP contribution in [0.1, 0.15) is 11.1 Å². The second-order valence-electron chi connectivity index (χ2n) is 6.12. The van der Waals surface area contributed by atoms with E-state index in [0.717, 1.165) is 22.5 Å². The molecule has 4 aromatic rings. The van der Waals surface area contributed by atoms with Crippen molar-refractivity contribution in [3.63, 3.8) is 0 Å². The minimum absolute atomic E-state index is 0.169. The summed E-state index contributed by atoms with van der Waals surface area (Å²) in [6.45, 7) is 3.91. The maximum absolute atomic E-state index is 10.4. The zero-order chi connectivity index (χ0) is 17.6. The van der Waals surface area contributed by atoms with Gasteiger partial charge >= 0.3 is 0 Å². The van der Waals surface area contributed by atoms with Crippen LogP contribution < -0.4 is 0 Å². The van der Waals surface area contributed by atoms with E-state index in [1.807, 2.05) is 31.2 Å². The fourth-order valence-corrected chi connectivity index (χ4v) is 3.08. The van der Waals surface area contributed by atoms with Crippen molar-refractivity contribution in [2.45, 2.75) is 13.8 Å². The summed E-state index contributed by atoms with van der Waals surface area (Å²) in [6.07, 6.45) is 1.71. The molecule has 0 fully saturated rings. The minimum Gasteiger partial charge on any atom is -0.507 e. The van der Waals surface area contributed by atoms with Crippen molar-refractivity contribution >= 4 is 17.2 Å². The van der Waals surface area contributed by atoms with E-state index in [-0.39, 0.29) is 5.75 Å². The lowest BCUT2D eigenvalue weighted by atomic mass is 10.1. The van der Waals surface area contributed by atoms with Crippen LogP contribution in [0.2, 0.25) is 5.02 Å². The molecular formula is C20H16ClN3O. The van der Waals surface area contributed by atoms with E-state index in [0.29, 0.717) is 16.2 Å². The van der Waals surface area contributed by atoms with Gasteiger partial charge in [0.2, 0.25) is 0 Å². The summed E-state index contributed by atoms with van der Waals surface area (Å²) in [5.74, 6) is 0.169. The second kappa shape index (κ2) is 5.90. The van der Waals surface area contributed by atoms with Crippen molar-refractivity contribution < 1.29 is 5.11 Å². The first-order valence-corrected chi connectivity index (χ1v) is 8.32. The summed E-state index contributed by atoms with van der Waals surface area (Å²) < 4.78 is 1.73. The number of phenolic OH excluding ortho intramolecular Hbond substituents is 1. The van der Waals surface area contributed by atoms with Crippen LogP contribution in [-0.2, 0) is 0 Å². The molecule has 25 heavy (non-hydrogen) atoms. The third kappa shape index (κ3) is 2.75. The summed E-state index contributed by atoms with van der Waals surface area (Å²) in [6, 6.07) is 15.3. The van der Waals surface area contributed by atoms with Crippen LogP contribution in [0.5, 0.6) is 5.75 Å². The van der Waals surface area contributed by atoms with E-state index >= 15 is 0 Å². The Balaban J connectivity index is 1.93. The molecule has 0 saturated carbocycles. The topological polar surface area (TPSA) is 50.4 Å². The highest BCUT2D eigenvalue weighted by molar-refractivity contribution is 6.31. The number of aromatic hydroxyl groups is 1. The lowest BCUT2D eigenvalue weighted by molar-refractivity contribution is 0.476. The predicted molar refractivity (Wildman–Crippen MR) is 100 cm³/mol. The van der Waals surface area contributed by atoms with Crippen molar-refractivity contribution in [1.29, 1.82) is 0 Å². The van der Waals surface area contributed by atoms with Crippen LogP contribution in [0.3, 0.4) is 0 Å². The molecule has 1 N–H and O–H groups in total. The molecule has 0 radical (unpaired) electrons. The molecule has 0 spiro atoms. The summed E-state index contributed by atoms with van der Waals surface area (Å²) in [7, 11) is 0. The molecule has 4 rings (SSSR count). The average molecular weight is 350 g/mol. The maximum Gasteiger partial charge on any atom is 0.156 e. The number of hydrogen-bond donors (Lipinski definition) is 1. The third-order valence-electron chi connectivity index (χ3n) is 4.22. The van der Waals surface area contributed by atoms with E-state index in [4.69, 9.17) is 16.7 Å². The second-order valence-corrected chi connectivity index (χ2v) is 6.52. The monoisotopic (exact) mass is 349 g/mol. The van der Waals surface area contributed by atoms with Crippen LogP contribution in [0.25, 0.3) is 28.2 Å².